The van der Waals surface area contributed by atoms with E-state index in [0.29, 0.717) is 12.7 Å². The Morgan fingerprint density at radius 2 is 1.75 bits per heavy atom. The Hall–Kier alpha value is -1.11. The first-order chi connectivity index (χ1) is 9.03. The van der Waals surface area contributed by atoms with Crippen LogP contribution in [0.2, 0.25) is 0 Å². The smallest absolute Gasteiger partial charge is 0.389 e. The molecule has 0 bridgehead atoms. The maximum absolute atomic E-state index is 12.6. The van der Waals surface area contributed by atoms with Crippen LogP contribution in [0.25, 0.3) is 0 Å². The predicted molar refractivity (Wildman–Crippen MR) is 67.9 cm³/mol. The topological polar surface area (TPSA) is 66.4 Å². The number of amides is 1. The van der Waals surface area contributed by atoms with E-state index in [1.165, 1.54) is 0 Å². The fourth-order valence-electron chi connectivity index (χ4n) is 2.08. The average molecular weight is 297 g/mol. The molecule has 0 fully saturated rings. The zero-order chi connectivity index (χ0) is 16.0. The number of carbonyl (C=O) groups is 2. The first-order valence-electron chi connectivity index (χ1n) is 6.40. The number of rotatable bonds is 8. The van der Waals surface area contributed by atoms with E-state index in [0.717, 1.165) is 0 Å². The summed E-state index contributed by atoms with van der Waals surface area (Å²) in [6.45, 7) is 5.00. The van der Waals surface area contributed by atoms with E-state index < -0.39 is 36.0 Å². The van der Waals surface area contributed by atoms with Crippen molar-refractivity contribution in [3.63, 3.8) is 0 Å². The number of nitrogens with one attached hydrogen (secondary N) is 1. The van der Waals surface area contributed by atoms with Crippen molar-refractivity contribution >= 4 is 12.7 Å². The van der Waals surface area contributed by atoms with Gasteiger partial charge in [0.1, 0.15) is 6.29 Å². The minimum absolute atomic E-state index is 0.0191. The summed E-state index contributed by atoms with van der Waals surface area (Å²) in [5.41, 5.74) is -0.701. The normalized spacial score (nSPS) is 17.1. The van der Waals surface area contributed by atoms with Crippen molar-refractivity contribution in [2.45, 2.75) is 45.9 Å². The van der Waals surface area contributed by atoms with E-state index in [1.807, 2.05) is 0 Å². The minimum Gasteiger partial charge on any atom is -0.392 e. The lowest BCUT2D eigenvalue weighted by Crippen LogP contribution is -2.41. The zero-order valence-corrected chi connectivity index (χ0v) is 11.9. The molecule has 0 rings (SSSR count). The van der Waals surface area contributed by atoms with Crippen molar-refractivity contribution in [1.29, 1.82) is 0 Å². The van der Waals surface area contributed by atoms with Gasteiger partial charge in [-0.15, -0.1) is 0 Å². The Kier molecular flexibility index (Phi) is 7.19. The van der Waals surface area contributed by atoms with Crippen LogP contribution in [0.1, 0.15) is 33.6 Å². The molecule has 0 spiro atoms. The molecule has 0 aromatic carbocycles. The highest BCUT2D eigenvalue weighted by Gasteiger charge is 2.41. The third-order valence-corrected chi connectivity index (χ3v) is 3.19. The molecule has 2 N–H and O–H groups in total. The van der Waals surface area contributed by atoms with E-state index in [2.05, 4.69) is 5.32 Å². The Morgan fingerprint density at radius 3 is 2.10 bits per heavy atom. The van der Waals surface area contributed by atoms with Crippen molar-refractivity contribution in [1.82, 2.24) is 5.32 Å². The molecule has 0 aliphatic heterocycles. The highest BCUT2D eigenvalue weighted by molar-refractivity contribution is 5.55. The van der Waals surface area contributed by atoms with Gasteiger partial charge in [-0.3, -0.25) is 4.79 Å². The van der Waals surface area contributed by atoms with Gasteiger partial charge in [-0.05, 0) is 17.8 Å². The third-order valence-electron chi connectivity index (χ3n) is 3.19. The number of halogens is 3. The van der Waals surface area contributed by atoms with Gasteiger partial charge in [-0.25, -0.2) is 0 Å². The van der Waals surface area contributed by atoms with Crippen LogP contribution >= 0.6 is 0 Å². The van der Waals surface area contributed by atoms with E-state index in [-0.39, 0.29) is 13.0 Å². The average Bonchev–Trinajstić information content (AvgIpc) is 2.26. The van der Waals surface area contributed by atoms with Gasteiger partial charge < -0.3 is 15.2 Å². The quantitative estimate of drug-likeness (QED) is 0.531. The number of hydrogen-bond acceptors (Lipinski definition) is 3. The van der Waals surface area contributed by atoms with Gasteiger partial charge in [-0.2, -0.15) is 13.2 Å². The molecular weight excluding hydrogens is 275 g/mol. The second kappa shape index (κ2) is 7.61. The summed E-state index contributed by atoms with van der Waals surface area (Å²) >= 11 is 0. The van der Waals surface area contributed by atoms with Crippen molar-refractivity contribution in [2.24, 2.45) is 17.3 Å². The number of carbonyl (C=O) groups excluding carboxylic acids is 2. The summed E-state index contributed by atoms with van der Waals surface area (Å²) in [4.78, 5) is 21.3. The summed E-state index contributed by atoms with van der Waals surface area (Å²) in [7, 11) is 0. The van der Waals surface area contributed by atoms with Crippen molar-refractivity contribution in [3.8, 4) is 0 Å². The highest BCUT2D eigenvalue weighted by Crippen LogP contribution is 2.36. The Labute approximate surface area is 116 Å². The molecule has 7 heteroatoms. The van der Waals surface area contributed by atoms with Gasteiger partial charge in [0, 0.05) is 18.9 Å². The van der Waals surface area contributed by atoms with Crippen LogP contribution in [0.15, 0.2) is 0 Å². The van der Waals surface area contributed by atoms with Gasteiger partial charge in [0.2, 0.25) is 6.41 Å². The van der Waals surface area contributed by atoms with Gasteiger partial charge in [0.15, 0.2) is 0 Å². The largest absolute Gasteiger partial charge is 0.392 e. The number of aldehydes is 1. The molecule has 20 heavy (non-hydrogen) atoms. The minimum atomic E-state index is -4.43. The fourth-order valence-corrected chi connectivity index (χ4v) is 2.08. The molecule has 1 amide bonds. The maximum atomic E-state index is 12.6. The van der Waals surface area contributed by atoms with E-state index in [9.17, 15) is 27.9 Å². The molecule has 0 aliphatic rings. The Morgan fingerprint density at radius 1 is 1.20 bits per heavy atom. The fraction of sp³-hybridized carbons (Fsp3) is 0.846. The molecule has 0 aromatic heterocycles. The Balaban J connectivity index is 5.02. The van der Waals surface area contributed by atoms with Crippen LogP contribution in [-0.4, -0.2) is 36.6 Å². The third kappa shape index (κ3) is 6.88. The molecule has 0 saturated heterocycles. The summed E-state index contributed by atoms with van der Waals surface area (Å²) in [6, 6.07) is 0. The molecule has 4 nitrogen and oxygen atoms in total. The van der Waals surface area contributed by atoms with E-state index in [4.69, 9.17) is 0 Å². The van der Waals surface area contributed by atoms with Crippen molar-refractivity contribution in [3.05, 3.63) is 0 Å². The lowest BCUT2D eigenvalue weighted by molar-refractivity contribution is -0.156. The number of alkyl halides is 3. The van der Waals surface area contributed by atoms with Crippen LogP contribution in [0.3, 0.4) is 0 Å². The number of aliphatic hydroxyl groups is 1. The van der Waals surface area contributed by atoms with Crippen molar-refractivity contribution < 1.29 is 27.9 Å². The molecule has 0 saturated carbocycles. The maximum Gasteiger partial charge on any atom is 0.389 e. The van der Waals surface area contributed by atoms with Crippen LogP contribution in [0, 0.1) is 17.3 Å². The molecule has 0 heterocycles. The lowest BCUT2D eigenvalue weighted by atomic mass is 9.74. The monoisotopic (exact) mass is 297 g/mol. The molecule has 118 valence electrons. The van der Waals surface area contributed by atoms with Gasteiger partial charge >= 0.3 is 6.18 Å². The second-order valence-electron chi connectivity index (χ2n) is 5.96. The van der Waals surface area contributed by atoms with Gasteiger partial charge in [-0.1, -0.05) is 20.8 Å². The van der Waals surface area contributed by atoms with Crippen LogP contribution in [0.5, 0.6) is 0 Å². The summed E-state index contributed by atoms with van der Waals surface area (Å²) in [6.07, 6.45) is -6.01. The number of aliphatic hydroxyl groups excluding tert-OH is 1. The van der Waals surface area contributed by atoms with E-state index >= 15 is 0 Å². The molecular formula is C13H22F3NO3. The lowest BCUT2D eigenvalue weighted by Gasteiger charge is -2.35. The standard InChI is InChI=1S/C13H22F3NO3/c1-12(2,3)11(20)10(7-18)9(4-5-17-8-19)6-13(14,15)16/h7-11,20H,4-6H2,1-3H3,(H,17,19)/t9?,10?,11-/m1/s1. The van der Waals surface area contributed by atoms with Gasteiger partial charge in [0.05, 0.1) is 6.10 Å². The SMILES string of the molecule is CC(C)(C)[C@H](O)C(C=O)C(CCNC=O)CC(F)(F)F. The van der Waals surface area contributed by atoms with Crippen molar-refractivity contribution in [2.75, 3.05) is 6.54 Å². The summed E-state index contributed by atoms with van der Waals surface area (Å²) < 4.78 is 37.8. The number of hydrogen-bond donors (Lipinski definition) is 2. The van der Waals surface area contributed by atoms with Crippen LogP contribution in [-0.2, 0) is 9.59 Å². The second-order valence-corrected chi connectivity index (χ2v) is 5.96. The van der Waals surface area contributed by atoms with Crippen LogP contribution < -0.4 is 5.32 Å². The molecule has 0 aliphatic carbocycles. The first-order valence-corrected chi connectivity index (χ1v) is 6.40. The van der Waals surface area contributed by atoms with Crippen LogP contribution in [0.4, 0.5) is 13.2 Å². The highest BCUT2D eigenvalue weighted by atomic mass is 19.4. The molecule has 2 unspecified atom stereocenters. The summed E-state index contributed by atoms with van der Waals surface area (Å²) in [5.74, 6) is -2.18. The van der Waals surface area contributed by atoms with Gasteiger partial charge in [0.25, 0.3) is 0 Å². The van der Waals surface area contributed by atoms with E-state index in [1.54, 1.807) is 20.8 Å². The Bertz CT molecular complexity index is 313. The summed E-state index contributed by atoms with van der Waals surface area (Å²) in [5, 5.41) is 12.4. The zero-order valence-electron chi connectivity index (χ0n) is 11.9. The molecule has 0 radical (unpaired) electrons. The predicted octanol–water partition coefficient (Wildman–Crippen LogP) is 1.91. The first kappa shape index (κ1) is 18.9. The molecule has 3 atom stereocenters. The molecule has 0 aromatic rings.